The molecule has 2 nitrogen and oxygen atoms in total. The van der Waals surface area contributed by atoms with Crippen molar-refractivity contribution in [2.24, 2.45) is 5.73 Å². The van der Waals surface area contributed by atoms with Crippen LogP contribution in [0.2, 0.25) is 5.02 Å². The molecule has 0 bridgehead atoms. The summed E-state index contributed by atoms with van der Waals surface area (Å²) in [5.41, 5.74) is 10.4. The van der Waals surface area contributed by atoms with Gasteiger partial charge < -0.3 is 10.5 Å². The van der Waals surface area contributed by atoms with Crippen molar-refractivity contribution in [3.8, 4) is 5.75 Å². The zero-order valence-corrected chi connectivity index (χ0v) is 15.9. The van der Waals surface area contributed by atoms with Crippen molar-refractivity contribution in [1.82, 2.24) is 0 Å². The Kier molecular flexibility index (Phi) is 5.36. The summed E-state index contributed by atoms with van der Waals surface area (Å²) >= 11 is 13.4. The van der Waals surface area contributed by atoms with Gasteiger partial charge in [0.05, 0.1) is 18.2 Å². The third-order valence-corrected chi connectivity index (χ3v) is 5.67. The van der Waals surface area contributed by atoms with Crippen molar-refractivity contribution < 1.29 is 4.74 Å². The molecule has 0 aliphatic rings. The Hall–Kier alpha value is -0.550. The maximum Gasteiger partial charge on any atom is 0.127 e. The number of hydrogen-bond donors (Lipinski definition) is 1. The number of halogens is 3. The van der Waals surface area contributed by atoms with Gasteiger partial charge in [0, 0.05) is 14.5 Å². The number of nitrogens with two attached hydrogens (primary N) is 1. The van der Waals surface area contributed by atoms with Gasteiger partial charge in [-0.15, -0.1) is 0 Å². The van der Waals surface area contributed by atoms with Gasteiger partial charge in [0.25, 0.3) is 0 Å². The predicted molar refractivity (Wildman–Crippen MR) is 95.4 cm³/mol. The fourth-order valence-electron chi connectivity index (χ4n) is 2.44. The molecule has 0 radical (unpaired) electrons. The minimum Gasteiger partial charge on any atom is -0.496 e. The maximum absolute atomic E-state index is 6.49. The molecule has 0 amide bonds. The largest absolute Gasteiger partial charge is 0.496 e. The molecule has 112 valence electrons. The molecule has 0 heterocycles. The lowest BCUT2D eigenvalue weighted by Gasteiger charge is -2.22. The van der Waals surface area contributed by atoms with Crippen LogP contribution in [0, 0.1) is 13.8 Å². The normalized spacial score (nSPS) is 12.3. The van der Waals surface area contributed by atoms with Crippen molar-refractivity contribution in [3.05, 3.63) is 60.5 Å². The van der Waals surface area contributed by atoms with Gasteiger partial charge >= 0.3 is 0 Å². The molecule has 1 unspecified atom stereocenters. The van der Waals surface area contributed by atoms with Crippen LogP contribution in [0.15, 0.2) is 33.2 Å². The summed E-state index contributed by atoms with van der Waals surface area (Å²) in [5.74, 6) is 0.805. The molecule has 2 rings (SSSR count). The summed E-state index contributed by atoms with van der Waals surface area (Å²) in [6, 6.07) is 7.44. The third kappa shape index (κ3) is 3.14. The number of aryl methyl sites for hydroxylation is 1. The maximum atomic E-state index is 6.49. The molecule has 0 aromatic heterocycles. The van der Waals surface area contributed by atoms with Gasteiger partial charge in [-0.2, -0.15) is 0 Å². The van der Waals surface area contributed by atoms with Gasteiger partial charge in [-0.05, 0) is 58.6 Å². The minimum absolute atomic E-state index is 0.360. The number of rotatable bonds is 3. The zero-order chi connectivity index (χ0) is 15.7. The van der Waals surface area contributed by atoms with Crippen molar-refractivity contribution >= 4 is 43.5 Å². The lowest BCUT2D eigenvalue weighted by molar-refractivity contribution is 0.404. The number of methoxy groups -OCH3 is 1. The van der Waals surface area contributed by atoms with E-state index >= 15 is 0 Å². The summed E-state index contributed by atoms with van der Waals surface area (Å²) < 4.78 is 7.41. The Morgan fingerprint density at radius 2 is 1.86 bits per heavy atom. The van der Waals surface area contributed by atoms with Crippen LogP contribution >= 0.6 is 43.5 Å². The monoisotopic (exact) mass is 431 g/mol. The highest BCUT2D eigenvalue weighted by atomic mass is 79.9. The summed E-state index contributed by atoms with van der Waals surface area (Å²) in [4.78, 5) is 0. The van der Waals surface area contributed by atoms with Crippen molar-refractivity contribution in [3.63, 3.8) is 0 Å². The van der Waals surface area contributed by atoms with Crippen LogP contribution in [0.1, 0.15) is 28.3 Å². The van der Waals surface area contributed by atoms with E-state index in [-0.39, 0.29) is 6.04 Å². The number of benzene rings is 2. The van der Waals surface area contributed by atoms with E-state index in [0.717, 1.165) is 36.9 Å². The van der Waals surface area contributed by atoms with Crippen LogP contribution < -0.4 is 10.5 Å². The summed E-state index contributed by atoms with van der Waals surface area (Å²) in [6.45, 7) is 4.02. The van der Waals surface area contributed by atoms with E-state index in [0.29, 0.717) is 5.02 Å². The van der Waals surface area contributed by atoms with E-state index in [2.05, 4.69) is 31.9 Å². The van der Waals surface area contributed by atoms with E-state index in [9.17, 15) is 0 Å². The lowest BCUT2D eigenvalue weighted by atomic mass is 9.93. The molecule has 0 saturated carbocycles. The molecule has 0 saturated heterocycles. The summed E-state index contributed by atoms with van der Waals surface area (Å²) in [5, 5.41) is 0.629. The second kappa shape index (κ2) is 6.69. The second-order valence-electron chi connectivity index (χ2n) is 4.87. The fourth-order valence-corrected chi connectivity index (χ4v) is 3.62. The molecule has 2 aromatic carbocycles. The summed E-state index contributed by atoms with van der Waals surface area (Å²) in [6.07, 6.45) is 0. The molecule has 5 heteroatoms. The molecule has 0 fully saturated rings. The first-order valence-electron chi connectivity index (χ1n) is 6.41. The molecular weight excluding hydrogens is 417 g/mol. The Morgan fingerprint density at radius 3 is 2.48 bits per heavy atom. The molecule has 0 aliphatic heterocycles. The first-order chi connectivity index (χ1) is 9.88. The van der Waals surface area contributed by atoms with Gasteiger partial charge in [0.2, 0.25) is 0 Å². The molecule has 0 aliphatic carbocycles. The van der Waals surface area contributed by atoms with Gasteiger partial charge in [0.15, 0.2) is 0 Å². The van der Waals surface area contributed by atoms with Crippen LogP contribution in [0.3, 0.4) is 0 Å². The Balaban J connectivity index is 2.68. The predicted octanol–water partition coefficient (Wildman–Crippen LogP) is 5.54. The number of ether oxygens (including phenoxy) is 1. The minimum atomic E-state index is -0.360. The fraction of sp³-hybridized carbons (Fsp3) is 0.250. The highest BCUT2D eigenvalue weighted by Crippen LogP contribution is 2.40. The van der Waals surface area contributed by atoms with Crippen LogP contribution in [-0.4, -0.2) is 7.11 Å². The first kappa shape index (κ1) is 16.8. The topological polar surface area (TPSA) is 35.2 Å². The lowest BCUT2D eigenvalue weighted by Crippen LogP contribution is -2.16. The SMILES string of the molecule is COc1c(C)cc(Br)c(C)c1C(N)c1cccc(Br)c1Cl. The van der Waals surface area contributed by atoms with Crippen LogP contribution in [0.4, 0.5) is 0 Å². The van der Waals surface area contributed by atoms with Crippen LogP contribution in [0.5, 0.6) is 5.75 Å². The average molecular weight is 434 g/mol. The molecule has 21 heavy (non-hydrogen) atoms. The Labute approximate surface area is 146 Å². The van der Waals surface area contributed by atoms with E-state index in [1.54, 1.807) is 7.11 Å². The van der Waals surface area contributed by atoms with Gasteiger partial charge in [-0.25, -0.2) is 0 Å². The van der Waals surface area contributed by atoms with Gasteiger partial charge in [0.1, 0.15) is 5.75 Å². The van der Waals surface area contributed by atoms with Gasteiger partial charge in [-0.3, -0.25) is 0 Å². The summed E-state index contributed by atoms with van der Waals surface area (Å²) in [7, 11) is 1.66. The highest BCUT2D eigenvalue weighted by Gasteiger charge is 2.22. The molecular formula is C16H16Br2ClNO. The van der Waals surface area contributed by atoms with Gasteiger partial charge in [-0.1, -0.05) is 39.7 Å². The zero-order valence-electron chi connectivity index (χ0n) is 12.0. The Morgan fingerprint density at radius 1 is 1.19 bits per heavy atom. The van der Waals surface area contributed by atoms with E-state index in [1.807, 2.05) is 38.1 Å². The van der Waals surface area contributed by atoms with E-state index < -0.39 is 0 Å². The van der Waals surface area contributed by atoms with E-state index in [1.165, 1.54) is 0 Å². The smallest absolute Gasteiger partial charge is 0.127 e. The van der Waals surface area contributed by atoms with Crippen molar-refractivity contribution in [2.75, 3.05) is 7.11 Å². The molecule has 1 atom stereocenters. The van der Waals surface area contributed by atoms with Crippen LogP contribution in [0.25, 0.3) is 0 Å². The Bertz CT molecular complexity index is 688. The highest BCUT2D eigenvalue weighted by molar-refractivity contribution is 9.10. The second-order valence-corrected chi connectivity index (χ2v) is 6.95. The van der Waals surface area contributed by atoms with Crippen molar-refractivity contribution in [1.29, 1.82) is 0 Å². The number of hydrogen-bond acceptors (Lipinski definition) is 2. The average Bonchev–Trinajstić information content (AvgIpc) is 2.44. The first-order valence-corrected chi connectivity index (χ1v) is 8.38. The molecule has 2 aromatic rings. The quantitative estimate of drug-likeness (QED) is 0.690. The van der Waals surface area contributed by atoms with Crippen molar-refractivity contribution in [2.45, 2.75) is 19.9 Å². The standard InChI is InChI=1S/C16H16Br2ClNO/c1-8-7-12(18)9(2)13(16(8)21-3)15(20)10-5-4-6-11(17)14(10)19/h4-7,15H,20H2,1-3H3. The molecule has 2 N–H and O–H groups in total. The third-order valence-electron chi connectivity index (χ3n) is 3.54. The van der Waals surface area contributed by atoms with Crippen LogP contribution in [-0.2, 0) is 0 Å². The molecule has 0 spiro atoms. The van der Waals surface area contributed by atoms with E-state index in [4.69, 9.17) is 22.1 Å².